The maximum absolute atomic E-state index is 11.1. The second-order valence-electron chi connectivity index (χ2n) is 5.35. The van der Waals surface area contributed by atoms with E-state index in [4.69, 9.17) is 4.74 Å². The Bertz CT molecular complexity index is 676. The van der Waals surface area contributed by atoms with E-state index in [9.17, 15) is 9.90 Å². The SMILES string of the molecule is CC1(C)Oc2ccncc2C(n2ccc(=O)nc2)C1O. The number of fused-ring (bicyclic) bond motifs is 1. The van der Waals surface area contributed by atoms with Crippen LogP contribution in [0.15, 0.2) is 41.8 Å². The van der Waals surface area contributed by atoms with Gasteiger partial charge in [0.1, 0.15) is 17.5 Å². The predicted molar refractivity (Wildman–Crippen MR) is 71.6 cm³/mol. The lowest BCUT2D eigenvalue weighted by molar-refractivity contribution is -0.0641. The van der Waals surface area contributed by atoms with Crippen LogP contribution in [0.1, 0.15) is 25.5 Å². The van der Waals surface area contributed by atoms with Crippen molar-refractivity contribution in [3.8, 4) is 5.75 Å². The summed E-state index contributed by atoms with van der Waals surface area (Å²) in [5, 5.41) is 10.6. The van der Waals surface area contributed by atoms with Crippen molar-refractivity contribution in [2.24, 2.45) is 0 Å². The van der Waals surface area contributed by atoms with Crippen molar-refractivity contribution in [1.29, 1.82) is 0 Å². The van der Waals surface area contributed by atoms with Crippen molar-refractivity contribution >= 4 is 0 Å². The third-order valence-electron chi connectivity index (χ3n) is 3.54. The third-order valence-corrected chi connectivity index (χ3v) is 3.54. The van der Waals surface area contributed by atoms with Gasteiger partial charge in [0.15, 0.2) is 0 Å². The molecule has 0 radical (unpaired) electrons. The van der Waals surface area contributed by atoms with Crippen LogP contribution in [0.4, 0.5) is 0 Å². The highest BCUT2D eigenvalue weighted by atomic mass is 16.5. The summed E-state index contributed by atoms with van der Waals surface area (Å²) in [7, 11) is 0. The van der Waals surface area contributed by atoms with Crippen LogP contribution in [0.3, 0.4) is 0 Å². The Labute approximate surface area is 115 Å². The lowest BCUT2D eigenvalue weighted by atomic mass is 9.87. The number of aliphatic hydroxyl groups excluding tert-OH is 1. The molecule has 104 valence electrons. The Morgan fingerprint density at radius 2 is 2.20 bits per heavy atom. The molecule has 20 heavy (non-hydrogen) atoms. The standard InChI is InChI=1S/C14H15N3O3/c1-14(2)13(19)12(17-6-4-11(18)16-8-17)9-7-15-5-3-10(9)20-14/h3-8,12-13,19H,1-2H3. The van der Waals surface area contributed by atoms with Gasteiger partial charge in [0.05, 0.1) is 12.4 Å². The molecule has 2 atom stereocenters. The van der Waals surface area contributed by atoms with Crippen molar-refractivity contribution < 1.29 is 9.84 Å². The zero-order chi connectivity index (χ0) is 14.3. The molecule has 6 nitrogen and oxygen atoms in total. The average molecular weight is 273 g/mol. The zero-order valence-electron chi connectivity index (χ0n) is 11.2. The van der Waals surface area contributed by atoms with Crippen LogP contribution in [0.5, 0.6) is 5.75 Å². The summed E-state index contributed by atoms with van der Waals surface area (Å²) in [6.45, 7) is 3.65. The molecular formula is C14H15N3O3. The molecule has 0 saturated heterocycles. The molecule has 2 aromatic rings. The van der Waals surface area contributed by atoms with Crippen LogP contribution in [0.2, 0.25) is 0 Å². The average Bonchev–Trinajstić information content (AvgIpc) is 2.41. The van der Waals surface area contributed by atoms with Crippen molar-refractivity contribution in [1.82, 2.24) is 14.5 Å². The first-order chi connectivity index (χ1) is 9.49. The zero-order valence-corrected chi connectivity index (χ0v) is 11.2. The van der Waals surface area contributed by atoms with E-state index in [2.05, 4.69) is 9.97 Å². The number of hydrogen-bond donors (Lipinski definition) is 1. The Kier molecular flexibility index (Phi) is 2.83. The quantitative estimate of drug-likeness (QED) is 0.830. The highest BCUT2D eigenvalue weighted by molar-refractivity contribution is 5.38. The highest BCUT2D eigenvalue weighted by Crippen LogP contribution is 2.40. The van der Waals surface area contributed by atoms with E-state index in [0.717, 1.165) is 5.56 Å². The number of nitrogens with zero attached hydrogens (tertiary/aromatic N) is 3. The third kappa shape index (κ3) is 1.98. The summed E-state index contributed by atoms with van der Waals surface area (Å²) < 4.78 is 7.53. The molecule has 0 aromatic carbocycles. The first kappa shape index (κ1) is 12.8. The fourth-order valence-corrected chi connectivity index (χ4v) is 2.45. The van der Waals surface area contributed by atoms with Crippen molar-refractivity contribution in [3.05, 3.63) is 53.0 Å². The molecule has 1 aliphatic heterocycles. The van der Waals surface area contributed by atoms with Crippen LogP contribution in [0, 0.1) is 0 Å². The molecule has 0 aliphatic carbocycles. The normalized spacial score (nSPS) is 23.8. The van der Waals surface area contributed by atoms with Gasteiger partial charge in [-0.05, 0) is 19.9 Å². The number of aromatic nitrogens is 3. The first-order valence-corrected chi connectivity index (χ1v) is 6.34. The van der Waals surface area contributed by atoms with Gasteiger partial charge in [-0.25, -0.2) is 0 Å². The summed E-state index contributed by atoms with van der Waals surface area (Å²) in [4.78, 5) is 19.0. The highest BCUT2D eigenvalue weighted by Gasteiger charge is 2.43. The van der Waals surface area contributed by atoms with Gasteiger partial charge in [0, 0.05) is 30.2 Å². The summed E-state index contributed by atoms with van der Waals surface area (Å²) >= 11 is 0. The monoisotopic (exact) mass is 273 g/mol. The molecule has 2 unspecified atom stereocenters. The van der Waals surface area contributed by atoms with E-state index in [-0.39, 0.29) is 5.56 Å². The molecule has 0 bridgehead atoms. The van der Waals surface area contributed by atoms with E-state index in [0.29, 0.717) is 5.75 Å². The lowest BCUT2D eigenvalue weighted by Crippen LogP contribution is -2.50. The fourth-order valence-electron chi connectivity index (χ4n) is 2.45. The van der Waals surface area contributed by atoms with Gasteiger partial charge in [0.25, 0.3) is 5.56 Å². The number of hydrogen-bond acceptors (Lipinski definition) is 5. The maximum Gasteiger partial charge on any atom is 0.272 e. The molecular weight excluding hydrogens is 258 g/mol. The van der Waals surface area contributed by atoms with Crippen LogP contribution in [-0.4, -0.2) is 31.3 Å². The summed E-state index contributed by atoms with van der Waals surface area (Å²) in [6.07, 6.45) is 5.56. The van der Waals surface area contributed by atoms with E-state index >= 15 is 0 Å². The van der Waals surface area contributed by atoms with Crippen LogP contribution in [0.25, 0.3) is 0 Å². The van der Waals surface area contributed by atoms with Gasteiger partial charge in [0.2, 0.25) is 0 Å². The van der Waals surface area contributed by atoms with Crippen LogP contribution >= 0.6 is 0 Å². The van der Waals surface area contributed by atoms with Gasteiger partial charge in [-0.2, -0.15) is 4.98 Å². The van der Waals surface area contributed by atoms with Crippen molar-refractivity contribution in [3.63, 3.8) is 0 Å². The minimum atomic E-state index is -0.788. The summed E-state index contributed by atoms with van der Waals surface area (Å²) in [5.74, 6) is 0.680. The number of ether oxygens (including phenoxy) is 1. The Hall–Kier alpha value is -2.21. The Balaban J connectivity index is 2.17. The van der Waals surface area contributed by atoms with Gasteiger partial charge in [-0.1, -0.05) is 0 Å². The lowest BCUT2D eigenvalue weighted by Gasteiger charge is -2.42. The van der Waals surface area contributed by atoms with Gasteiger partial charge < -0.3 is 14.4 Å². The molecule has 0 fully saturated rings. The molecule has 3 heterocycles. The molecule has 0 amide bonds. The van der Waals surface area contributed by atoms with Gasteiger partial charge >= 0.3 is 0 Å². The Morgan fingerprint density at radius 3 is 2.90 bits per heavy atom. The number of pyridine rings is 1. The second kappa shape index (κ2) is 4.42. The molecule has 0 spiro atoms. The molecule has 1 N–H and O–H groups in total. The predicted octanol–water partition coefficient (Wildman–Crippen LogP) is 0.760. The molecule has 3 rings (SSSR count). The maximum atomic E-state index is 11.1. The topological polar surface area (TPSA) is 77.2 Å². The number of rotatable bonds is 1. The minimum Gasteiger partial charge on any atom is -0.485 e. The largest absolute Gasteiger partial charge is 0.485 e. The van der Waals surface area contributed by atoms with Crippen molar-refractivity contribution in [2.45, 2.75) is 31.6 Å². The smallest absolute Gasteiger partial charge is 0.272 e. The van der Waals surface area contributed by atoms with Crippen LogP contribution < -0.4 is 10.3 Å². The minimum absolute atomic E-state index is 0.312. The fraction of sp³-hybridized carbons (Fsp3) is 0.357. The molecule has 6 heteroatoms. The molecule has 0 saturated carbocycles. The van der Waals surface area contributed by atoms with E-state index < -0.39 is 17.7 Å². The second-order valence-corrected chi connectivity index (χ2v) is 5.35. The summed E-state index contributed by atoms with van der Waals surface area (Å²) in [5.41, 5.74) is -0.291. The van der Waals surface area contributed by atoms with E-state index in [1.165, 1.54) is 12.4 Å². The molecule has 1 aliphatic rings. The van der Waals surface area contributed by atoms with E-state index in [1.54, 1.807) is 29.2 Å². The van der Waals surface area contributed by atoms with Gasteiger partial charge in [-0.15, -0.1) is 0 Å². The van der Waals surface area contributed by atoms with Crippen molar-refractivity contribution in [2.75, 3.05) is 0 Å². The Morgan fingerprint density at radius 1 is 1.40 bits per heavy atom. The number of aliphatic hydroxyl groups is 1. The first-order valence-electron chi connectivity index (χ1n) is 6.34. The molecule has 2 aromatic heterocycles. The summed E-state index contributed by atoms with van der Waals surface area (Å²) in [6, 6.07) is 2.74. The van der Waals surface area contributed by atoms with Crippen LogP contribution in [-0.2, 0) is 0 Å². The van der Waals surface area contributed by atoms with Gasteiger partial charge in [-0.3, -0.25) is 9.78 Å². The van der Waals surface area contributed by atoms with E-state index in [1.807, 2.05) is 13.8 Å².